The first-order valence-corrected chi connectivity index (χ1v) is 5.44. The Labute approximate surface area is 101 Å². The molecule has 1 aromatic rings. The van der Waals surface area contributed by atoms with Gasteiger partial charge in [-0.25, -0.2) is 0 Å². The van der Waals surface area contributed by atoms with Crippen molar-refractivity contribution in [1.29, 1.82) is 0 Å². The van der Waals surface area contributed by atoms with Crippen molar-refractivity contribution in [2.24, 2.45) is 10.9 Å². The Morgan fingerprint density at radius 2 is 2.29 bits per heavy atom. The molecule has 0 aliphatic heterocycles. The molecule has 0 amide bonds. The number of nitrogens with one attached hydrogen (secondary N) is 1. The summed E-state index contributed by atoms with van der Waals surface area (Å²) in [7, 11) is 1.65. The molecular weight excluding hydrogens is 218 g/mol. The van der Waals surface area contributed by atoms with Gasteiger partial charge in [0, 0.05) is 18.2 Å². The number of anilines is 1. The maximum Gasteiger partial charge on any atom is 0.141 e. The van der Waals surface area contributed by atoms with E-state index in [4.69, 9.17) is 15.7 Å². The molecule has 0 heterocycles. The van der Waals surface area contributed by atoms with E-state index < -0.39 is 0 Å². The molecule has 0 saturated heterocycles. The van der Waals surface area contributed by atoms with E-state index in [2.05, 4.69) is 10.5 Å². The molecule has 0 aromatic heterocycles. The van der Waals surface area contributed by atoms with Crippen LogP contribution in [0, 0.1) is 6.92 Å². The molecule has 94 valence electrons. The Morgan fingerprint density at radius 3 is 2.82 bits per heavy atom. The second kappa shape index (κ2) is 5.98. The number of rotatable bonds is 5. The molecule has 0 spiro atoms. The van der Waals surface area contributed by atoms with Crippen LogP contribution in [0.3, 0.4) is 0 Å². The highest BCUT2D eigenvalue weighted by molar-refractivity contribution is 5.80. The molecule has 1 atom stereocenters. The summed E-state index contributed by atoms with van der Waals surface area (Å²) in [5.74, 6) is 1.08. The maximum absolute atomic E-state index is 8.48. The van der Waals surface area contributed by atoms with Gasteiger partial charge in [0.2, 0.25) is 0 Å². The fourth-order valence-corrected chi connectivity index (χ4v) is 1.66. The van der Waals surface area contributed by atoms with Crippen LogP contribution in [0.15, 0.2) is 23.4 Å². The predicted octanol–water partition coefficient (Wildman–Crippen LogP) is 1.94. The van der Waals surface area contributed by atoms with Gasteiger partial charge in [-0.1, -0.05) is 5.16 Å². The molecule has 5 heteroatoms. The van der Waals surface area contributed by atoms with Crippen molar-refractivity contribution in [3.8, 4) is 5.75 Å². The average Bonchev–Trinajstić information content (AvgIpc) is 2.29. The zero-order valence-electron chi connectivity index (χ0n) is 10.4. The molecule has 17 heavy (non-hydrogen) atoms. The van der Waals surface area contributed by atoms with Gasteiger partial charge < -0.3 is 21.0 Å². The molecule has 1 unspecified atom stereocenters. The molecular formula is C12H19N3O2. The maximum atomic E-state index is 8.48. The van der Waals surface area contributed by atoms with Crippen molar-refractivity contribution in [2.45, 2.75) is 26.3 Å². The first-order chi connectivity index (χ1) is 8.06. The largest absolute Gasteiger partial charge is 0.496 e. The van der Waals surface area contributed by atoms with Gasteiger partial charge in [0.25, 0.3) is 0 Å². The molecule has 0 bridgehead atoms. The van der Waals surface area contributed by atoms with Crippen LogP contribution < -0.4 is 15.8 Å². The lowest BCUT2D eigenvalue weighted by molar-refractivity contribution is 0.316. The van der Waals surface area contributed by atoms with Gasteiger partial charge in [-0.3, -0.25) is 0 Å². The Hall–Kier alpha value is -1.91. The van der Waals surface area contributed by atoms with Gasteiger partial charge >= 0.3 is 0 Å². The molecule has 4 N–H and O–H groups in total. The topological polar surface area (TPSA) is 79.9 Å². The summed E-state index contributed by atoms with van der Waals surface area (Å²) in [6.45, 7) is 3.95. The van der Waals surface area contributed by atoms with Crippen LogP contribution in [-0.4, -0.2) is 24.2 Å². The van der Waals surface area contributed by atoms with Crippen molar-refractivity contribution >= 4 is 11.5 Å². The highest BCUT2D eigenvalue weighted by atomic mass is 16.5. The van der Waals surface area contributed by atoms with Crippen molar-refractivity contribution in [2.75, 3.05) is 12.4 Å². The molecule has 0 aliphatic carbocycles. The van der Waals surface area contributed by atoms with Crippen LogP contribution in [0.25, 0.3) is 0 Å². The average molecular weight is 237 g/mol. The Kier molecular flexibility index (Phi) is 4.63. The number of hydrogen-bond acceptors (Lipinski definition) is 4. The summed E-state index contributed by atoms with van der Waals surface area (Å²) in [4.78, 5) is 0. The second-order valence-electron chi connectivity index (χ2n) is 4.03. The highest BCUT2D eigenvalue weighted by Crippen LogP contribution is 2.22. The van der Waals surface area contributed by atoms with Crippen molar-refractivity contribution < 1.29 is 9.94 Å². The molecule has 1 aromatic carbocycles. The van der Waals surface area contributed by atoms with Gasteiger partial charge in [0.1, 0.15) is 11.6 Å². The summed E-state index contributed by atoms with van der Waals surface area (Å²) in [5.41, 5.74) is 7.49. The predicted molar refractivity (Wildman–Crippen MR) is 68.8 cm³/mol. The molecule has 1 rings (SSSR count). The fraction of sp³-hybridized carbons (Fsp3) is 0.417. The third-order valence-corrected chi connectivity index (χ3v) is 2.45. The molecule has 0 fully saturated rings. The number of methoxy groups -OCH3 is 1. The van der Waals surface area contributed by atoms with Crippen LogP contribution in [-0.2, 0) is 0 Å². The number of oxime groups is 1. The minimum absolute atomic E-state index is 0.0960. The standard InChI is InChI=1S/C12H19N3O2/c1-8-6-10(4-5-11(8)17-3)14-9(2)7-12(13)15-16/h4-6,9,14,16H,7H2,1-3H3,(H2,13,15). The minimum Gasteiger partial charge on any atom is -0.496 e. The smallest absolute Gasteiger partial charge is 0.141 e. The molecule has 5 nitrogen and oxygen atoms in total. The zero-order chi connectivity index (χ0) is 12.8. The van der Waals surface area contributed by atoms with Crippen molar-refractivity contribution in [3.05, 3.63) is 23.8 Å². The van der Waals surface area contributed by atoms with Crippen molar-refractivity contribution in [3.63, 3.8) is 0 Å². The van der Waals surface area contributed by atoms with Crippen molar-refractivity contribution in [1.82, 2.24) is 0 Å². The lowest BCUT2D eigenvalue weighted by Gasteiger charge is -2.15. The van der Waals surface area contributed by atoms with Crippen LogP contribution in [0.1, 0.15) is 18.9 Å². The third-order valence-electron chi connectivity index (χ3n) is 2.45. The number of nitrogens with zero attached hydrogens (tertiary/aromatic N) is 1. The summed E-state index contributed by atoms with van der Waals surface area (Å²) in [5, 5.41) is 14.7. The van der Waals surface area contributed by atoms with Crippen LogP contribution in [0.5, 0.6) is 5.75 Å². The third kappa shape index (κ3) is 3.86. The fourth-order valence-electron chi connectivity index (χ4n) is 1.66. The number of hydrogen-bond donors (Lipinski definition) is 3. The monoisotopic (exact) mass is 237 g/mol. The number of amidine groups is 1. The lowest BCUT2D eigenvalue weighted by Crippen LogP contribution is -2.24. The SMILES string of the molecule is COc1ccc(NC(C)CC(N)=NO)cc1C. The van der Waals surface area contributed by atoms with Gasteiger partial charge in [0.15, 0.2) is 0 Å². The van der Waals surface area contributed by atoms with E-state index in [9.17, 15) is 0 Å². The normalized spacial score (nSPS) is 13.2. The zero-order valence-corrected chi connectivity index (χ0v) is 10.4. The Bertz CT molecular complexity index is 405. The van der Waals surface area contributed by atoms with Gasteiger partial charge in [-0.15, -0.1) is 0 Å². The molecule has 0 saturated carbocycles. The number of benzene rings is 1. The first kappa shape index (κ1) is 13.2. The summed E-state index contributed by atoms with van der Waals surface area (Å²) in [6.07, 6.45) is 0.488. The first-order valence-electron chi connectivity index (χ1n) is 5.44. The van der Waals surface area contributed by atoms with Gasteiger partial charge in [0.05, 0.1) is 7.11 Å². The van der Waals surface area contributed by atoms with Gasteiger partial charge in [-0.05, 0) is 37.6 Å². The van der Waals surface area contributed by atoms with E-state index in [1.807, 2.05) is 32.0 Å². The van der Waals surface area contributed by atoms with Gasteiger partial charge in [-0.2, -0.15) is 0 Å². The number of aryl methyl sites for hydroxylation is 1. The quantitative estimate of drug-likeness (QED) is 0.316. The van der Waals surface area contributed by atoms with E-state index in [0.29, 0.717) is 6.42 Å². The summed E-state index contributed by atoms with van der Waals surface area (Å²) in [6, 6.07) is 5.95. The van der Waals surface area contributed by atoms with Crippen LogP contribution in [0.2, 0.25) is 0 Å². The summed E-state index contributed by atoms with van der Waals surface area (Å²) < 4.78 is 5.19. The van der Waals surface area contributed by atoms with Crippen LogP contribution in [0.4, 0.5) is 5.69 Å². The minimum atomic E-state index is 0.0960. The van der Waals surface area contributed by atoms with Crippen LogP contribution >= 0.6 is 0 Å². The Morgan fingerprint density at radius 1 is 1.59 bits per heavy atom. The van der Waals surface area contributed by atoms with E-state index >= 15 is 0 Å². The van der Waals surface area contributed by atoms with E-state index in [1.165, 1.54) is 0 Å². The van der Waals surface area contributed by atoms with E-state index in [0.717, 1.165) is 17.0 Å². The number of nitrogens with two attached hydrogens (primary N) is 1. The van der Waals surface area contributed by atoms with E-state index in [1.54, 1.807) is 7.11 Å². The Balaban J connectivity index is 2.66. The summed E-state index contributed by atoms with van der Waals surface area (Å²) >= 11 is 0. The highest BCUT2D eigenvalue weighted by Gasteiger charge is 2.06. The lowest BCUT2D eigenvalue weighted by atomic mass is 10.1. The second-order valence-corrected chi connectivity index (χ2v) is 4.03. The van der Waals surface area contributed by atoms with E-state index in [-0.39, 0.29) is 11.9 Å². The number of ether oxygens (including phenoxy) is 1. The molecule has 0 aliphatic rings. The molecule has 0 radical (unpaired) electrons.